The molecular weight excluding hydrogens is 245 g/mol. The van der Waals surface area contributed by atoms with Crippen LogP contribution in [0.2, 0.25) is 0 Å². The Hall–Kier alpha value is -1.22. The molecule has 1 amide bonds. The average Bonchev–Trinajstić information content (AvgIpc) is 2.48. The second-order valence-corrected chi connectivity index (χ2v) is 4.07. The Labute approximate surface area is 93.1 Å². The first kappa shape index (κ1) is 12.8. The minimum Gasteiger partial charge on any atom is -0.300 e. The van der Waals surface area contributed by atoms with Crippen LogP contribution >= 0.6 is 11.3 Å². The van der Waals surface area contributed by atoms with Crippen molar-refractivity contribution < 1.29 is 18.0 Å². The molecule has 0 radical (unpaired) electrons. The van der Waals surface area contributed by atoms with E-state index < -0.39 is 25.2 Å². The number of anilines is 1. The molecule has 5 nitrogen and oxygen atoms in total. The summed E-state index contributed by atoms with van der Waals surface area (Å²) in [5.74, 6) is -0.583. The Morgan fingerprint density at radius 1 is 1.44 bits per heavy atom. The molecule has 0 aromatic carbocycles. The van der Waals surface area contributed by atoms with E-state index in [2.05, 4.69) is 15.5 Å². The summed E-state index contributed by atoms with van der Waals surface area (Å²) < 4.78 is 35.2. The van der Waals surface area contributed by atoms with Gasteiger partial charge in [0, 0.05) is 0 Å². The molecule has 0 aliphatic rings. The third-order valence-corrected chi connectivity index (χ3v) is 2.14. The van der Waals surface area contributed by atoms with Crippen molar-refractivity contribution in [2.24, 2.45) is 0 Å². The van der Waals surface area contributed by atoms with Crippen LogP contribution in [0.4, 0.5) is 18.3 Å². The molecule has 0 aliphatic carbocycles. The number of rotatable bonds is 4. The van der Waals surface area contributed by atoms with E-state index in [0.29, 0.717) is 5.01 Å². The molecule has 1 aromatic heterocycles. The summed E-state index contributed by atoms with van der Waals surface area (Å²) in [7, 11) is 0. The lowest BCUT2D eigenvalue weighted by atomic mass is 10.5. The van der Waals surface area contributed by atoms with Gasteiger partial charge < -0.3 is 5.32 Å². The molecule has 0 saturated carbocycles. The van der Waals surface area contributed by atoms with Crippen LogP contribution in [0.15, 0.2) is 0 Å². The van der Waals surface area contributed by atoms with Gasteiger partial charge in [0.05, 0.1) is 13.1 Å². The van der Waals surface area contributed by atoms with Crippen LogP contribution in [0.1, 0.15) is 5.01 Å². The number of aryl methyl sites for hydroxylation is 1. The lowest BCUT2D eigenvalue weighted by Crippen LogP contribution is -2.35. The second-order valence-electron chi connectivity index (χ2n) is 2.89. The Morgan fingerprint density at radius 3 is 2.62 bits per heavy atom. The van der Waals surface area contributed by atoms with E-state index in [0.717, 1.165) is 11.3 Å². The van der Waals surface area contributed by atoms with Crippen LogP contribution in [-0.4, -0.2) is 35.4 Å². The summed E-state index contributed by atoms with van der Waals surface area (Å²) >= 11 is 1.15. The molecular formula is C7H9F3N4OS. The highest BCUT2D eigenvalue weighted by Gasteiger charge is 2.26. The Bertz CT molecular complexity index is 365. The fourth-order valence-electron chi connectivity index (χ4n) is 0.828. The summed E-state index contributed by atoms with van der Waals surface area (Å²) in [6, 6.07) is 0. The highest BCUT2D eigenvalue weighted by Crippen LogP contribution is 2.13. The molecule has 9 heteroatoms. The Morgan fingerprint density at radius 2 is 2.12 bits per heavy atom. The molecule has 0 fully saturated rings. The van der Waals surface area contributed by atoms with Crippen LogP contribution in [-0.2, 0) is 4.79 Å². The summed E-state index contributed by atoms with van der Waals surface area (Å²) in [5, 5.41) is 12.5. The number of alkyl halides is 3. The molecule has 16 heavy (non-hydrogen) atoms. The fourth-order valence-corrected chi connectivity index (χ4v) is 1.44. The highest BCUT2D eigenvalue weighted by molar-refractivity contribution is 7.15. The number of aromatic nitrogens is 2. The van der Waals surface area contributed by atoms with E-state index in [1.807, 2.05) is 5.32 Å². The summed E-state index contributed by atoms with van der Waals surface area (Å²) in [6.45, 7) is 0.0862. The van der Waals surface area contributed by atoms with E-state index in [9.17, 15) is 18.0 Å². The SMILES string of the molecule is Cc1nnc(NC(=O)CNCC(F)(F)F)s1. The normalized spacial score (nSPS) is 11.5. The minimum absolute atomic E-state index is 0.274. The number of halogens is 3. The summed E-state index contributed by atoms with van der Waals surface area (Å²) in [5.41, 5.74) is 0. The van der Waals surface area contributed by atoms with Gasteiger partial charge in [0.2, 0.25) is 11.0 Å². The zero-order valence-corrected chi connectivity index (χ0v) is 9.08. The number of hydrogen-bond acceptors (Lipinski definition) is 5. The molecule has 0 unspecified atom stereocenters. The molecule has 1 aromatic rings. The molecule has 0 aliphatic heterocycles. The quantitative estimate of drug-likeness (QED) is 0.839. The summed E-state index contributed by atoms with van der Waals surface area (Å²) in [4.78, 5) is 11.1. The van der Waals surface area contributed by atoms with Crippen LogP contribution in [0.5, 0.6) is 0 Å². The van der Waals surface area contributed by atoms with Gasteiger partial charge in [-0.2, -0.15) is 13.2 Å². The maximum atomic E-state index is 11.7. The molecule has 2 N–H and O–H groups in total. The smallest absolute Gasteiger partial charge is 0.300 e. The number of carbonyl (C=O) groups excluding carboxylic acids is 1. The summed E-state index contributed by atoms with van der Waals surface area (Å²) in [6.07, 6.45) is -4.32. The van der Waals surface area contributed by atoms with Gasteiger partial charge in [0.25, 0.3) is 0 Å². The first-order valence-corrected chi connectivity index (χ1v) is 5.06. The van der Waals surface area contributed by atoms with Gasteiger partial charge in [0.1, 0.15) is 5.01 Å². The van der Waals surface area contributed by atoms with Crippen molar-refractivity contribution in [3.05, 3.63) is 5.01 Å². The van der Waals surface area contributed by atoms with Crippen LogP contribution in [0.25, 0.3) is 0 Å². The largest absolute Gasteiger partial charge is 0.401 e. The predicted molar refractivity (Wildman–Crippen MR) is 52.2 cm³/mol. The first-order valence-electron chi connectivity index (χ1n) is 4.24. The average molecular weight is 254 g/mol. The van der Waals surface area contributed by atoms with Crippen molar-refractivity contribution in [1.29, 1.82) is 0 Å². The van der Waals surface area contributed by atoms with Crippen molar-refractivity contribution in [3.8, 4) is 0 Å². The Kier molecular flexibility index (Phi) is 4.19. The molecule has 0 saturated heterocycles. The fraction of sp³-hybridized carbons (Fsp3) is 0.571. The number of nitrogens with one attached hydrogen (secondary N) is 2. The van der Waals surface area contributed by atoms with Gasteiger partial charge in [-0.3, -0.25) is 10.1 Å². The van der Waals surface area contributed by atoms with Crippen molar-refractivity contribution in [3.63, 3.8) is 0 Å². The topological polar surface area (TPSA) is 66.9 Å². The number of carbonyl (C=O) groups is 1. The minimum atomic E-state index is -4.32. The van der Waals surface area contributed by atoms with E-state index >= 15 is 0 Å². The predicted octanol–water partition coefficient (Wildman–Crippen LogP) is 0.937. The maximum Gasteiger partial charge on any atom is 0.401 e. The van der Waals surface area contributed by atoms with Gasteiger partial charge in [-0.05, 0) is 6.92 Å². The molecule has 0 atom stereocenters. The zero-order valence-electron chi connectivity index (χ0n) is 8.26. The van der Waals surface area contributed by atoms with Crippen molar-refractivity contribution in [1.82, 2.24) is 15.5 Å². The van der Waals surface area contributed by atoms with E-state index in [4.69, 9.17) is 0 Å². The first-order chi connectivity index (χ1) is 7.37. The van der Waals surface area contributed by atoms with Crippen molar-refractivity contribution >= 4 is 22.4 Å². The molecule has 1 heterocycles. The van der Waals surface area contributed by atoms with Gasteiger partial charge in [-0.1, -0.05) is 11.3 Å². The van der Waals surface area contributed by atoms with Crippen LogP contribution < -0.4 is 10.6 Å². The molecule has 0 spiro atoms. The third-order valence-electron chi connectivity index (χ3n) is 1.38. The van der Waals surface area contributed by atoms with Gasteiger partial charge in [-0.25, -0.2) is 0 Å². The zero-order chi connectivity index (χ0) is 12.2. The van der Waals surface area contributed by atoms with Crippen LogP contribution in [0, 0.1) is 6.92 Å². The van der Waals surface area contributed by atoms with Crippen molar-refractivity contribution in [2.75, 3.05) is 18.4 Å². The number of nitrogens with zero attached hydrogens (tertiary/aromatic N) is 2. The lowest BCUT2D eigenvalue weighted by Gasteiger charge is -2.07. The van der Waals surface area contributed by atoms with Crippen LogP contribution in [0.3, 0.4) is 0 Å². The van der Waals surface area contributed by atoms with E-state index in [1.165, 1.54) is 0 Å². The lowest BCUT2D eigenvalue weighted by molar-refractivity contribution is -0.126. The number of amides is 1. The monoisotopic (exact) mass is 254 g/mol. The third kappa shape index (κ3) is 5.03. The molecule has 1 rings (SSSR count). The molecule has 90 valence electrons. The van der Waals surface area contributed by atoms with Gasteiger partial charge in [0.15, 0.2) is 0 Å². The standard InChI is InChI=1S/C7H9F3N4OS/c1-4-13-14-6(16-4)12-5(15)2-11-3-7(8,9)10/h11H,2-3H2,1H3,(H,12,14,15). The Balaban J connectivity index is 2.26. The van der Waals surface area contributed by atoms with Gasteiger partial charge in [-0.15, -0.1) is 10.2 Å². The van der Waals surface area contributed by atoms with E-state index in [-0.39, 0.29) is 5.13 Å². The number of hydrogen-bond donors (Lipinski definition) is 2. The maximum absolute atomic E-state index is 11.7. The van der Waals surface area contributed by atoms with Gasteiger partial charge >= 0.3 is 6.18 Å². The highest BCUT2D eigenvalue weighted by atomic mass is 32.1. The van der Waals surface area contributed by atoms with Crippen molar-refractivity contribution in [2.45, 2.75) is 13.1 Å². The second kappa shape index (κ2) is 5.21. The van der Waals surface area contributed by atoms with E-state index in [1.54, 1.807) is 6.92 Å². The molecule has 0 bridgehead atoms.